The van der Waals surface area contributed by atoms with Crippen molar-refractivity contribution in [3.8, 4) is 0 Å². The van der Waals surface area contributed by atoms with E-state index in [1.807, 2.05) is 66.3 Å². The molecule has 4 nitrogen and oxygen atoms in total. The first-order chi connectivity index (χ1) is 10.1. The second-order valence-corrected chi connectivity index (χ2v) is 5.37. The fourth-order valence-corrected chi connectivity index (χ4v) is 2.74. The summed E-state index contributed by atoms with van der Waals surface area (Å²) in [4.78, 5) is 0. The van der Waals surface area contributed by atoms with Gasteiger partial charge in [0.2, 0.25) is 0 Å². The Kier molecular flexibility index (Phi) is 3.49. The van der Waals surface area contributed by atoms with Gasteiger partial charge in [0, 0.05) is 25.4 Å². The van der Waals surface area contributed by atoms with Gasteiger partial charge in [-0.15, -0.1) is 0 Å². The molecule has 0 aliphatic rings. The molecule has 0 spiro atoms. The van der Waals surface area contributed by atoms with Gasteiger partial charge in [0.1, 0.15) is 5.60 Å². The zero-order valence-corrected chi connectivity index (χ0v) is 12.0. The largest absolute Gasteiger partial charge is 0.383 e. The lowest BCUT2D eigenvalue weighted by atomic mass is 9.88. The van der Waals surface area contributed by atoms with Crippen molar-refractivity contribution in [3.05, 3.63) is 65.9 Å². The molecule has 1 unspecified atom stereocenters. The Bertz CT molecular complexity index is 751. The molecule has 3 rings (SSSR count). The van der Waals surface area contributed by atoms with Crippen LogP contribution in [0.2, 0.25) is 0 Å². The Balaban J connectivity index is 2.04. The van der Waals surface area contributed by atoms with E-state index in [2.05, 4.69) is 5.10 Å². The minimum atomic E-state index is -1.10. The van der Waals surface area contributed by atoms with Crippen molar-refractivity contribution in [1.29, 1.82) is 0 Å². The van der Waals surface area contributed by atoms with Crippen LogP contribution in [-0.2, 0) is 19.1 Å². The minimum absolute atomic E-state index is 0.155. The first-order valence-corrected chi connectivity index (χ1v) is 7.02. The fourth-order valence-electron chi connectivity index (χ4n) is 2.74. The maximum Gasteiger partial charge on any atom is 0.107 e. The van der Waals surface area contributed by atoms with Crippen LogP contribution in [0.1, 0.15) is 11.3 Å². The van der Waals surface area contributed by atoms with Crippen LogP contribution in [0.3, 0.4) is 0 Å². The van der Waals surface area contributed by atoms with E-state index in [0.717, 1.165) is 22.2 Å². The normalized spacial score (nSPS) is 14.2. The Labute approximate surface area is 123 Å². The highest BCUT2D eigenvalue weighted by molar-refractivity contribution is 5.82. The van der Waals surface area contributed by atoms with Gasteiger partial charge in [-0.05, 0) is 11.6 Å². The molecule has 0 bridgehead atoms. The molecular weight excluding hydrogens is 262 g/mol. The molecule has 0 saturated carbocycles. The van der Waals surface area contributed by atoms with Crippen molar-refractivity contribution in [3.63, 3.8) is 0 Å². The van der Waals surface area contributed by atoms with E-state index in [0.29, 0.717) is 6.42 Å². The third kappa shape index (κ3) is 2.44. The van der Waals surface area contributed by atoms with E-state index in [-0.39, 0.29) is 6.54 Å². The molecule has 4 heteroatoms. The number of aryl methyl sites for hydroxylation is 1. The van der Waals surface area contributed by atoms with Gasteiger partial charge in [-0.2, -0.15) is 5.10 Å². The predicted octanol–water partition coefficient (Wildman–Crippen LogP) is 1.96. The van der Waals surface area contributed by atoms with E-state index in [4.69, 9.17) is 5.73 Å². The summed E-state index contributed by atoms with van der Waals surface area (Å²) >= 11 is 0. The van der Waals surface area contributed by atoms with Crippen molar-refractivity contribution in [2.45, 2.75) is 12.0 Å². The summed E-state index contributed by atoms with van der Waals surface area (Å²) in [5, 5.41) is 16.5. The molecule has 0 radical (unpaired) electrons. The monoisotopic (exact) mass is 281 g/mol. The molecule has 1 aromatic heterocycles. The number of nitrogens with zero attached hydrogens (tertiary/aromatic N) is 2. The summed E-state index contributed by atoms with van der Waals surface area (Å²) in [6, 6.07) is 17.6. The van der Waals surface area contributed by atoms with Crippen LogP contribution in [0.25, 0.3) is 10.9 Å². The third-order valence-corrected chi connectivity index (χ3v) is 3.94. The molecule has 0 aliphatic heterocycles. The molecule has 2 aromatic carbocycles. The quantitative estimate of drug-likeness (QED) is 0.768. The maximum absolute atomic E-state index is 10.9. The average molecular weight is 281 g/mol. The van der Waals surface area contributed by atoms with Gasteiger partial charge in [0.15, 0.2) is 0 Å². The van der Waals surface area contributed by atoms with Crippen molar-refractivity contribution < 1.29 is 5.11 Å². The number of para-hydroxylation sites is 1. The number of rotatable bonds is 4. The fraction of sp³-hybridized carbons (Fsp3) is 0.235. The lowest BCUT2D eigenvalue weighted by Gasteiger charge is -2.26. The molecule has 1 heterocycles. The van der Waals surface area contributed by atoms with Crippen LogP contribution in [0, 0.1) is 0 Å². The highest BCUT2D eigenvalue weighted by Gasteiger charge is 2.29. The smallest absolute Gasteiger partial charge is 0.107 e. The zero-order chi connectivity index (χ0) is 14.9. The number of hydrogen-bond donors (Lipinski definition) is 2. The molecular formula is C17H19N3O. The SMILES string of the molecule is Cn1nc(CC(O)(CN)c2ccccc2)c2ccccc21. The molecule has 1 atom stereocenters. The van der Waals surface area contributed by atoms with Gasteiger partial charge in [0.25, 0.3) is 0 Å². The van der Waals surface area contributed by atoms with E-state index >= 15 is 0 Å². The second-order valence-electron chi connectivity index (χ2n) is 5.37. The first-order valence-electron chi connectivity index (χ1n) is 7.02. The van der Waals surface area contributed by atoms with E-state index in [9.17, 15) is 5.11 Å². The summed E-state index contributed by atoms with van der Waals surface area (Å²) in [6.45, 7) is 0.155. The molecule has 21 heavy (non-hydrogen) atoms. The van der Waals surface area contributed by atoms with Crippen LogP contribution in [-0.4, -0.2) is 21.4 Å². The molecule has 108 valence electrons. The Morgan fingerprint density at radius 3 is 2.48 bits per heavy atom. The highest BCUT2D eigenvalue weighted by atomic mass is 16.3. The number of nitrogens with two attached hydrogens (primary N) is 1. The van der Waals surface area contributed by atoms with Gasteiger partial charge >= 0.3 is 0 Å². The van der Waals surface area contributed by atoms with Crippen molar-refractivity contribution in [2.75, 3.05) is 6.54 Å². The summed E-state index contributed by atoms with van der Waals surface area (Å²) in [5.41, 5.74) is 7.50. The lowest BCUT2D eigenvalue weighted by Crippen LogP contribution is -2.37. The van der Waals surface area contributed by atoms with Gasteiger partial charge in [-0.1, -0.05) is 48.5 Å². The minimum Gasteiger partial charge on any atom is -0.383 e. The van der Waals surface area contributed by atoms with E-state index in [1.165, 1.54) is 0 Å². The molecule has 0 saturated heterocycles. The third-order valence-electron chi connectivity index (χ3n) is 3.94. The van der Waals surface area contributed by atoms with Gasteiger partial charge in [-0.3, -0.25) is 4.68 Å². The molecule has 0 fully saturated rings. The second kappa shape index (κ2) is 5.31. The summed E-state index contributed by atoms with van der Waals surface area (Å²) in [7, 11) is 1.91. The summed E-state index contributed by atoms with van der Waals surface area (Å²) in [5.74, 6) is 0. The van der Waals surface area contributed by atoms with Crippen molar-refractivity contribution in [1.82, 2.24) is 9.78 Å². The molecule has 3 aromatic rings. The van der Waals surface area contributed by atoms with Crippen LogP contribution < -0.4 is 5.73 Å². The van der Waals surface area contributed by atoms with Crippen molar-refractivity contribution >= 4 is 10.9 Å². The number of benzene rings is 2. The van der Waals surface area contributed by atoms with Crippen LogP contribution >= 0.6 is 0 Å². The average Bonchev–Trinajstić information content (AvgIpc) is 2.85. The lowest BCUT2D eigenvalue weighted by molar-refractivity contribution is 0.0455. The molecule has 0 amide bonds. The van der Waals surface area contributed by atoms with E-state index in [1.54, 1.807) is 0 Å². The molecule has 3 N–H and O–H groups in total. The van der Waals surface area contributed by atoms with Crippen LogP contribution in [0.4, 0.5) is 0 Å². The Morgan fingerprint density at radius 2 is 1.76 bits per heavy atom. The standard InChI is InChI=1S/C17H19N3O/c1-20-16-10-6-5-9-14(16)15(19-20)11-17(21,12-18)13-7-3-2-4-8-13/h2-10,21H,11-12,18H2,1H3. The predicted molar refractivity (Wildman–Crippen MR) is 83.8 cm³/mol. The summed E-state index contributed by atoms with van der Waals surface area (Å²) in [6.07, 6.45) is 0.398. The number of fused-ring (bicyclic) bond motifs is 1. The Morgan fingerprint density at radius 1 is 1.10 bits per heavy atom. The van der Waals surface area contributed by atoms with Crippen molar-refractivity contribution in [2.24, 2.45) is 12.8 Å². The van der Waals surface area contributed by atoms with E-state index < -0.39 is 5.60 Å². The van der Waals surface area contributed by atoms with Gasteiger partial charge in [0.05, 0.1) is 11.2 Å². The zero-order valence-electron chi connectivity index (χ0n) is 12.0. The first kappa shape index (κ1) is 13.8. The topological polar surface area (TPSA) is 64.1 Å². The van der Waals surface area contributed by atoms with Gasteiger partial charge < -0.3 is 10.8 Å². The Hall–Kier alpha value is -2.17. The van der Waals surface area contributed by atoms with Crippen LogP contribution in [0.5, 0.6) is 0 Å². The summed E-state index contributed by atoms with van der Waals surface area (Å²) < 4.78 is 1.84. The number of hydrogen-bond acceptors (Lipinski definition) is 3. The highest BCUT2D eigenvalue weighted by Crippen LogP contribution is 2.28. The number of aliphatic hydroxyl groups is 1. The maximum atomic E-state index is 10.9. The van der Waals surface area contributed by atoms with Crippen LogP contribution in [0.15, 0.2) is 54.6 Å². The molecule has 0 aliphatic carbocycles. The van der Waals surface area contributed by atoms with Gasteiger partial charge in [-0.25, -0.2) is 0 Å². The number of aromatic nitrogens is 2.